The van der Waals surface area contributed by atoms with Crippen molar-refractivity contribution in [3.63, 3.8) is 0 Å². The van der Waals surface area contributed by atoms with Crippen molar-refractivity contribution in [3.05, 3.63) is 60.7 Å². The van der Waals surface area contributed by atoms with Crippen LogP contribution in [0.5, 0.6) is 0 Å². The van der Waals surface area contributed by atoms with Gasteiger partial charge in [0.1, 0.15) is 0 Å². The fourth-order valence-electron chi connectivity index (χ4n) is 4.86. The van der Waals surface area contributed by atoms with Crippen LogP contribution < -0.4 is 10.4 Å². The van der Waals surface area contributed by atoms with Gasteiger partial charge in [-0.2, -0.15) is 0 Å². The van der Waals surface area contributed by atoms with Crippen molar-refractivity contribution in [3.8, 4) is 0 Å². The Hall–Kier alpha value is -1.91. The van der Waals surface area contributed by atoms with Crippen LogP contribution in [-0.2, 0) is 9.22 Å². The number of benzene rings is 2. The van der Waals surface area contributed by atoms with Crippen LogP contribution >= 0.6 is 0 Å². The molecule has 1 N–H and O–H groups in total. The van der Waals surface area contributed by atoms with E-state index in [2.05, 4.69) is 88.4 Å². The minimum Gasteiger partial charge on any atom is -0.481 e. The van der Waals surface area contributed by atoms with Gasteiger partial charge in [-0.3, -0.25) is 4.79 Å². The van der Waals surface area contributed by atoms with E-state index >= 15 is 0 Å². The molecule has 0 heterocycles. The molecule has 1 aliphatic carbocycles. The fourth-order valence-corrected chi connectivity index (χ4v) is 9.47. The maximum atomic E-state index is 11.2. The largest absolute Gasteiger partial charge is 0.481 e. The van der Waals surface area contributed by atoms with E-state index < -0.39 is 14.3 Å². The second kappa shape index (κ2) is 9.07. The second-order valence-electron chi connectivity index (χ2n) is 10.1. The van der Waals surface area contributed by atoms with Gasteiger partial charge in [0.2, 0.25) is 0 Å². The van der Waals surface area contributed by atoms with Crippen molar-refractivity contribution >= 4 is 24.7 Å². The molecular formula is C26H36O3Si. The van der Waals surface area contributed by atoms with Crippen LogP contribution in [0.1, 0.15) is 59.8 Å². The Morgan fingerprint density at radius 1 is 1.00 bits per heavy atom. The summed E-state index contributed by atoms with van der Waals surface area (Å²) in [7, 11) is -2.44. The third-order valence-corrected chi connectivity index (χ3v) is 11.8. The standard InChI is InChI=1S/C26H36O3Si/c1-25(2,3)30(21-14-8-5-9-15-21,22-16-10-6-11-17-22)29-19-13-7-12-18-26(4)20-23(26)24(27)28/h5-6,8-11,14-17,23H,7,12-13,18-20H2,1-4H3,(H,27,28)/t23-,26+/m1/s1. The summed E-state index contributed by atoms with van der Waals surface area (Å²) in [5.41, 5.74) is 0.0185. The molecule has 3 rings (SSSR count). The van der Waals surface area contributed by atoms with E-state index in [1.807, 2.05) is 0 Å². The Labute approximate surface area is 182 Å². The summed E-state index contributed by atoms with van der Waals surface area (Å²) >= 11 is 0. The number of hydrogen-bond donors (Lipinski definition) is 1. The van der Waals surface area contributed by atoms with Gasteiger partial charge in [-0.15, -0.1) is 0 Å². The molecule has 0 aromatic heterocycles. The number of hydrogen-bond acceptors (Lipinski definition) is 2. The molecule has 1 saturated carbocycles. The summed E-state index contributed by atoms with van der Waals surface area (Å²) in [6, 6.07) is 21.5. The monoisotopic (exact) mass is 424 g/mol. The first kappa shape index (κ1) is 22.8. The van der Waals surface area contributed by atoms with Crippen LogP contribution in [0.2, 0.25) is 5.04 Å². The predicted octanol–water partition coefficient (Wildman–Crippen LogP) is 5.23. The van der Waals surface area contributed by atoms with Crippen molar-refractivity contribution in [2.45, 2.75) is 64.8 Å². The molecule has 0 saturated heterocycles. The summed E-state index contributed by atoms with van der Waals surface area (Å²) in [5.74, 6) is -0.765. The number of carbonyl (C=O) groups is 1. The number of unbranched alkanes of at least 4 members (excludes halogenated alkanes) is 2. The highest BCUT2D eigenvalue weighted by atomic mass is 28.4. The van der Waals surface area contributed by atoms with Gasteiger partial charge in [-0.05, 0) is 40.1 Å². The maximum Gasteiger partial charge on any atom is 0.307 e. The van der Waals surface area contributed by atoms with Crippen molar-refractivity contribution in [2.75, 3.05) is 6.61 Å². The Morgan fingerprint density at radius 3 is 1.97 bits per heavy atom. The molecule has 3 nitrogen and oxygen atoms in total. The quantitative estimate of drug-likeness (QED) is 0.419. The highest BCUT2D eigenvalue weighted by Crippen LogP contribution is 2.55. The molecule has 0 unspecified atom stereocenters. The molecule has 0 bridgehead atoms. The van der Waals surface area contributed by atoms with Gasteiger partial charge in [0.15, 0.2) is 0 Å². The zero-order valence-electron chi connectivity index (χ0n) is 18.9. The predicted molar refractivity (Wildman–Crippen MR) is 126 cm³/mol. The average molecular weight is 425 g/mol. The van der Waals surface area contributed by atoms with Crippen LogP contribution in [0.25, 0.3) is 0 Å². The third kappa shape index (κ3) is 4.70. The summed E-state index contributed by atoms with van der Waals surface area (Å²) in [6.07, 6.45) is 5.01. The van der Waals surface area contributed by atoms with Crippen LogP contribution in [0.3, 0.4) is 0 Å². The van der Waals surface area contributed by atoms with Crippen molar-refractivity contribution in [1.82, 2.24) is 0 Å². The molecule has 0 amide bonds. The minimum atomic E-state index is -2.44. The van der Waals surface area contributed by atoms with Crippen molar-refractivity contribution in [1.29, 1.82) is 0 Å². The average Bonchev–Trinajstić information content (AvgIpc) is 3.40. The lowest BCUT2D eigenvalue weighted by atomic mass is 9.98. The normalized spacial score (nSPS) is 21.4. The summed E-state index contributed by atoms with van der Waals surface area (Å²) < 4.78 is 6.92. The summed E-state index contributed by atoms with van der Waals surface area (Å²) in [6.45, 7) is 9.77. The molecule has 2 atom stereocenters. The number of rotatable bonds is 10. The Kier molecular flexibility index (Phi) is 6.88. The highest BCUT2D eigenvalue weighted by molar-refractivity contribution is 6.99. The van der Waals surface area contributed by atoms with Gasteiger partial charge in [-0.1, -0.05) is 101 Å². The van der Waals surface area contributed by atoms with Gasteiger partial charge >= 0.3 is 5.97 Å². The van der Waals surface area contributed by atoms with Crippen LogP contribution in [0.15, 0.2) is 60.7 Å². The van der Waals surface area contributed by atoms with Crippen LogP contribution in [0.4, 0.5) is 0 Å². The van der Waals surface area contributed by atoms with Gasteiger partial charge in [0.05, 0.1) is 5.92 Å². The first-order valence-corrected chi connectivity index (χ1v) is 13.1. The number of carboxylic acid groups (broad SMARTS) is 1. The van der Waals surface area contributed by atoms with E-state index in [0.717, 1.165) is 38.7 Å². The van der Waals surface area contributed by atoms with E-state index in [1.54, 1.807) is 0 Å². The topological polar surface area (TPSA) is 46.5 Å². The van der Waals surface area contributed by atoms with Gasteiger partial charge in [0, 0.05) is 6.61 Å². The lowest BCUT2D eigenvalue weighted by molar-refractivity contribution is -0.139. The van der Waals surface area contributed by atoms with Crippen LogP contribution in [0, 0.1) is 11.3 Å². The fraction of sp³-hybridized carbons (Fsp3) is 0.500. The third-order valence-electron chi connectivity index (χ3n) is 6.78. The van der Waals surface area contributed by atoms with E-state index in [9.17, 15) is 9.90 Å². The molecule has 162 valence electrons. The Balaban J connectivity index is 1.67. The molecule has 2 aromatic carbocycles. The summed E-state index contributed by atoms with van der Waals surface area (Å²) in [5, 5.41) is 11.8. The molecule has 1 fully saturated rings. The second-order valence-corrected chi connectivity index (χ2v) is 14.4. The molecule has 0 aliphatic heterocycles. The molecular weight excluding hydrogens is 388 g/mol. The minimum absolute atomic E-state index is 0.00586. The van der Waals surface area contributed by atoms with Gasteiger partial charge in [-0.25, -0.2) is 0 Å². The zero-order chi connectivity index (χ0) is 21.8. The number of carboxylic acids is 1. The van der Waals surface area contributed by atoms with Crippen LogP contribution in [-0.4, -0.2) is 26.0 Å². The Bertz CT molecular complexity index is 789. The van der Waals surface area contributed by atoms with Gasteiger partial charge in [0.25, 0.3) is 8.32 Å². The first-order chi connectivity index (χ1) is 14.2. The summed E-state index contributed by atoms with van der Waals surface area (Å²) in [4.78, 5) is 11.2. The number of aliphatic carboxylic acids is 1. The molecule has 4 heteroatoms. The smallest absolute Gasteiger partial charge is 0.307 e. The molecule has 0 radical (unpaired) electrons. The van der Waals surface area contributed by atoms with E-state index in [-0.39, 0.29) is 16.4 Å². The maximum absolute atomic E-state index is 11.2. The van der Waals surface area contributed by atoms with Crippen molar-refractivity contribution < 1.29 is 14.3 Å². The zero-order valence-corrected chi connectivity index (χ0v) is 19.9. The molecule has 1 aliphatic rings. The molecule has 0 spiro atoms. The molecule has 2 aromatic rings. The van der Waals surface area contributed by atoms with E-state index in [0.29, 0.717) is 0 Å². The lowest BCUT2D eigenvalue weighted by Gasteiger charge is -2.43. The van der Waals surface area contributed by atoms with E-state index in [4.69, 9.17) is 4.43 Å². The molecule has 30 heavy (non-hydrogen) atoms. The lowest BCUT2D eigenvalue weighted by Crippen LogP contribution is -2.66. The van der Waals surface area contributed by atoms with Crippen molar-refractivity contribution in [2.24, 2.45) is 11.3 Å². The van der Waals surface area contributed by atoms with Gasteiger partial charge < -0.3 is 9.53 Å². The van der Waals surface area contributed by atoms with E-state index in [1.165, 1.54) is 10.4 Å². The first-order valence-electron chi connectivity index (χ1n) is 11.2. The SMILES string of the molecule is CC(C)(C)[Si](OCCCCC[C@@]1(C)C[C@@H]1C(=O)O)(c1ccccc1)c1ccccc1. The Morgan fingerprint density at radius 2 is 1.53 bits per heavy atom. The highest BCUT2D eigenvalue weighted by Gasteiger charge is 2.54.